The van der Waals surface area contributed by atoms with E-state index in [1.165, 1.54) is 22.8 Å². The van der Waals surface area contributed by atoms with E-state index in [1.54, 1.807) is 11.9 Å². The molecule has 1 aromatic rings. The normalized spacial score (nSPS) is 14.5. The Labute approximate surface area is 120 Å². The summed E-state index contributed by atoms with van der Waals surface area (Å²) in [7, 11) is 3.05. The van der Waals surface area contributed by atoms with Gasteiger partial charge in [-0.05, 0) is 0 Å². The van der Waals surface area contributed by atoms with Gasteiger partial charge in [0.05, 0.1) is 12.2 Å². The number of carbonyl (C=O) groups is 3. The Kier molecular flexibility index (Phi) is 4.05. The van der Waals surface area contributed by atoms with Crippen molar-refractivity contribution in [3.05, 3.63) is 11.9 Å². The molecule has 10 heteroatoms. The summed E-state index contributed by atoms with van der Waals surface area (Å²) >= 11 is 0. The van der Waals surface area contributed by atoms with Crippen molar-refractivity contribution in [2.24, 2.45) is 0 Å². The molecule has 1 fully saturated rings. The minimum absolute atomic E-state index is 0.0109. The lowest BCUT2D eigenvalue weighted by atomic mass is 10.1. The van der Waals surface area contributed by atoms with Gasteiger partial charge in [0.25, 0.3) is 0 Å². The molecule has 1 saturated heterocycles. The fourth-order valence-electron chi connectivity index (χ4n) is 1.94. The van der Waals surface area contributed by atoms with Crippen LogP contribution in [0.3, 0.4) is 0 Å². The Morgan fingerprint density at radius 2 is 2.14 bits per heavy atom. The number of hydrogen-bond donors (Lipinski definition) is 2. The second-order valence-electron chi connectivity index (χ2n) is 4.76. The number of urea groups is 1. The Morgan fingerprint density at radius 3 is 2.67 bits per heavy atom. The number of carboxylic acids is 1. The van der Waals surface area contributed by atoms with Gasteiger partial charge in [-0.1, -0.05) is 5.21 Å². The summed E-state index contributed by atoms with van der Waals surface area (Å²) in [5.41, 5.74) is -0.128. The minimum Gasteiger partial charge on any atom is -0.476 e. The Morgan fingerprint density at radius 1 is 1.48 bits per heavy atom. The third-order valence-electron chi connectivity index (χ3n) is 3.22. The number of carbonyl (C=O) groups excluding carboxylic acids is 2. The molecule has 0 atom stereocenters. The summed E-state index contributed by atoms with van der Waals surface area (Å²) in [6, 6.07) is -0.351. The maximum atomic E-state index is 12.0. The number of likely N-dealkylation sites (N-methyl/N-ethyl adjacent to an activating group) is 2. The molecule has 0 radical (unpaired) electrons. The van der Waals surface area contributed by atoms with Crippen molar-refractivity contribution in [3.63, 3.8) is 0 Å². The third kappa shape index (κ3) is 3.09. The minimum atomic E-state index is -1.14. The van der Waals surface area contributed by atoms with Crippen LogP contribution in [0, 0.1) is 0 Å². The lowest BCUT2D eigenvalue weighted by Gasteiger charge is -2.40. The molecule has 114 valence electrons. The van der Waals surface area contributed by atoms with Crippen molar-refractivity contribution in [3.8, 4) is 0 Å². The Bertz CT molecular complexity index is 565. The molecular weight excluding hydrogens is 280 g/mol. The first kappa shape index (κ1) is 14.8. The number of rotatable bonds is 4. The zero-order valence-electron chi connectivity index (χ0n) is 11.7. The largest absolute Gasteiger partial charge is 0.476 e. The van der Waals surface area contributed by atoms with E-state index in [0.29, 0.717) is 13.1 Å². The first-order valence-corrected chi connectivity index (χ1v) is 6.28. The molecule has 0 aromatic carbocycles. The van der Waals surface area contributed by atoms with E-state index in [9.17, 15) is 14.4 Å². The van der Waals surface area contributed by atoms with Gasteiger partial charge < -0.3 is 20.2 Å². The van der Waals surface area contributed by atoms with Gasteiger partial charge >= 0.3 is 12.0 Å². The Balaban J connectivity index is 1.86. The van der Waals surface area contributed by atoms with Crippen LogP contribution in [0.4, 0.5) is 4.79 Å². The molecule has 0 aliphatic carbocycles. The van der Waals surface area contributed by atoms with Gasteiger partial charge in [0.1, 0.15) is 6.54 Å². The highest BCUT2D eigenvalue weighted by atomic mass is 16.4. The molecule has 21 heavy (non-hydrogen) atoms. The van der Waals surface area contributed by atoms with E-state index in [0.717, 1.165) is 0 Å². The summed E-state index contributed by atoms with van der Waals surface area (Å²) in [5, 5.41) is 18.5. The zero-order chi connectivity index (χ0) is 15.6. The molecule has 1 aliphatic rings. The molecule has 0 unspecified atom stereocenters. The van der Waals surface area contributed by atoms with Crippen molar-refractivity contribution in [1.29, 1.82) is 0 Å². The van der Waals surface area contributed by atoms with Crippen LogP contribution in [-0.4, -0.2) is 81.5 Å². The molecule has 2 rings (SSSR count). The monoisotopic (exact) mass is 296 g/mol. The number of amides is 3. The lowest BCUT2D eigenvalue weighted by molar-refractivity contribution is -0.121. The van der Waals surface area contributed by atoms with Crippen LogP contribution >= 0.6 is 0 Å². The summed E-state index contributed by atoms with van der Waals surface area (Å²) in [6.07, 6.45) is 1.34. The average molecular weight is 296 g/mol. The van der Waals surface area contributed by atoms with Crippen LogP contribution in [0.2, 0.25) is 0 Å². The molecule has 10 nitrogen and oxygen atoms in total. The van der Waals surface area contributed by atoms with Crippen LogP contribution in [0.15, 0.2) is 6.20 Å². The lowest BCUT2D eigenvalue weighted by Crippen LogP contribution is -2.55. The summed E-state index contributed by atoms with van der Waals surface area (Å²) < 4.78 is 1.44. The molecule has 0 saturated carbocycles. The van der Waals surface area contributed by atoms with Gasteiger partial charge in [-0.3, -0.25) is 4.79 Å². The summed E-state index contributed by atoms with van der Waals surface area (Å²) in [5.74, 6) is -1.39. The number of nitrogens with zero attached hydrogens (tertiary/aromatic N) is 5. The molecule has 0 bridgehead atoms. The number of aromatic carboxylic acids is 1. The molecule has 1 aromatic heterocycles. The second-order valence-corrected chi connectivity index (χ2v) is 4.76. The summed E-state index contributed by atoms with van der Waals surface area (Å²) in [6.45, 7) is 0.793. The summed E-state index contributed by atoms with van der Waals surface area (Å²) in [4.78, 5) is 36.8. The number of aromatic nitrogens is 3. The fraction of sp³-hybridized carbons (Fsp3) is 0.545. The highest BCUT2D eigenvalue weighted by molar-refractivity contribution is 5.85. The smallest absolute Gasteiger partial charge is 0.358 e. The van der Waals surface area contributed by atoms with Gasteiger partial charge in [-0.2, -0.15) is 0 Å². The van der Waals surface area contributed by atoms with Crippen molar-refractivity contribution in [2.75, 3.05) is 33.7 Å². The van der Waals surface area contributed by atoms with Crippen LogP contribution in [0.5, 0.6) is 0 Å². The van der Waals surface area contributed by atoms with Crippen LogP contribution in [0.1, 0.15) is 16.5 Å². The Hall–Kier alpha value is -2.65. The molecule has 1 aliphatic heterocycles. The first-order chi connectivity index (χ1) is 9.92. The van der Waals surface area contributed by atoms with E-state index >= 15 is 0 Å². The van der Waals surface area contributed by atoms with E-state index in [1.807, 2.05) is 0 Å². The number of hydrogen-bond acceptors (Lipinski definition) is 5. The molecule has 2 heterocycles. The van der Waals surface area contributed by atoms with Gasteiger partial charge in [0, 0.05) is 27.2 Å². The molecular formula is C11H16N6O4. The third-order valence-corrected chi connectivity index (χ3v) is 3.22. The average Bonchev–Trinajstić information content (AvgIpc) is 2.86. The van der Waals surface area contributed by atoms with Crippen molar-refractivity contribution in [2.45, 2.75) is 6.04 Å². The van der Waals surface area contributed by atoms with E-state index in [4.69, 9.17) is 5.11 Å². The zero-order valence-corrected chi connectivity index (χ0v) is 11.7. The molecule has 3 amide bonds. The quantitative estimate of drug-likeness (QED) is 0.707. The van der Waals surface area contributed by atoms with Crippen LogP contribution < -0.4 is 5.32 Å². The predicted molar refractivity (Wildman–Crippen MR) is 69.7 cm³/mol. The van der Waals surface area contributed by atoms with Crippen molar-refractivity contribution >= 4 is 17.9 Å². The molecule has 0 spiro atoms. The highest BCUT2D eigenvalue weighted by Crippen LogP contribution is 2.21. The van der Waals surface area contributed by atoms with Gasteiger partial charge in [-0.25, -0.2) is 14.3 Å². The van der Waals surface area contributed by atoms with Gasteiger partial charge in [0.2, 0.25) is 5.91 Å². The standard InChI is InChI=1S/C11H16N6O4/c1-12-9(18)6-15(2)11(21)16-3-7(4-16)17-5-8(10(19)20)13-14-17/h5,7H,3-4,6H2,1-2H3,(H,12,18)(H,19,20). The second kappa shape index (κ2) is 5.77. The van der Waals surface area contributed by atoms with Crippen LogP contribution in [-0.2, 0) is 4.79 Å². The first-order valence-electron chi connectivity index (χ1n) is 6.28. The topological polar surface area (TPSA) is 121 Å². The van der Waals surface area contributed by atoms with Gasteiger partial charge in [-0.15, -0.1) is 5.10 Å². The van der Waals surface area contributed by atoms with E-state index in [2.05, 4.69) is 15.6 Å². The van der Waals surface area contributed by atoms with Gasteiger partial charge in [0.15, 0.2) is 5.69 Å². The SMILES string of the molecule is CNC(=O)CN(C)C(=O)N1CC(n2cc(C(=O)O)nn2)C1. The van der Waals surface area contributed by atoms with Crippen LogP contribution in [0.25, 0.3) is 0 Å². The molecule has 2 N–H and O–H groups in total. The highest BCUT2D eigenvalue weighted by Gasteiger charge is 2.34. The van der Waals surface area contributed by atoms with E-state index < -0.39 is 5.97 Å². The maximum Gasteiger partial charge on any atom is 0.358 e. The van der Waals surface area contributed by atoms with Crippen molar-refractivity contribution in [1.82, 2.24) is 30.1 Å². The number of likely N-dealkylation sites (tertiary alicyclic amines) is 1. The van der Waals surface area contributed by atoms with E-state index in [-0.39, 0.29) is 30.2 Å². The van der Waals surface area contributed by atoms with Crippen molar-refractivity contribution < 1.29 is 19.5 Å². The fourth-order valence-corrected chi connectivity index (χ4v) is 1.94. The number of carboxylic acid groups (broad SMARTS) is 1. The predicted octanol–water partition coefficient (Wildman–Crippen LogP) is -1.37. The maximum absolute atomic E-state index is 12.0. The number of nitrogens with one attached hydrogen (secondary N) is 1.